The molecule has 8 aromatic carbocycles. The molecule has 2 nitrogen and oxygen atoms in total. The molecule has 9 aromatic rings. The van der Waals surface area contributed by atoms with Crippen LogP contribution >= 0.6 is 0 Å². The van der Waals surface area contributed by atoms with Gasteiger partial charge in [0.05, 0.1) is 0 Å². The zero-order chi connectivity index (χ0) is 36.9. The number of fused-ring (bicyclic) bond motifs is 9. The Morgan fingerprint density at radius 3 is 1.64 bits per heavy atom. The molecule has 0 atom stereocenters. The van der Waals surface area contributed by atoms with Gasteiger partial charge in [-0.3, -0.25) is 0 Å². The van der Waals surface area contributed by atoms with Crippen LogP contribution in [0.2, 0.25) is 0 Å². The number of rotatable bonds is 5. The summed E-state index contributed by atoms with van der Waals surface area (Å²) in [4.78, 5) is 2.37. The van der Waals surface area contributed by atoms with E-state index < -0.39 is 0 Å². The molecular formula is C53H39NO. The summed E-state index contributed by atoms with van der Waals surface area (Å²) in [5, 5.41) is 2.29. The summed E-state index contributed by atoms with van der Waals surface area (Å²) in [5.74, 6) is 0. The van der Waals surface area contributed by atoms with Crippen molar-refractivity contribution in [1.29, 1.82) is 0 Å². The lowest BCUT2D eigenvalue weighted by molar-refractivity contribution is 0.638. The summed E-state index contributed by atoms with van der Waals surface area (Å²) in [6, 6.07) is 66.4. The molecule has 0 aliphatic heterocycles. The number of para-hydroxylation sites is 2. The summed E-state index contributed by atoms with van der Waals surface area (Å²) >= 11 is 0. The summed E-state index contributed by atoms with van der Waals surface area (Å²) in [5.41, 5.74) is 19.0. The van der Waals surface area contributed by atoms with Gasteiger partial charge >= 0.3 is 0 Å². The zero-order valence-electron chi connectivity index (χ0n) is 31.2. The van der Waals surface area contributed by atoms with Gasteiger partial charge in [0, 0.05) is 44.2 Å². The van der Waals surface area contributed by atoms with Crippen molar-refractivity contribution < 1.29 is 4.42 Å². The predicted octanol–water partition coefficient (Wildman–Crippen LogP) is 14.4. The fourth-order valence-electron chi connectivity index (χ4n) is 9.77. The van der Waals surface area contributed by atoms with E-state index in [1.165, 1.54) is 50.1 Å². The Balaban J connectivity index is 0.984. The fraction of sp³-hybridized carbons (Fsp3) is 0.0943. The molecule has 55 heavy (non-hydrogen) atoms. The molecule has 0 saturated carbocycles. The van der Waals surface area contributed by atoms with Crippen molar-refractivity contribution in [2.45, 2.75) is 31.6 Å². The van der Waals surface area contributed by atoms with Crippen molar-refractivity contribution in [3.63, 3.8) is 0 Å². The van der Waals surface area contributed by atoms with Crippen LogP contribution in [-0.2, 0) is 10.8 Å². The molecule has 0 fully saturated rings. The van der Waals surface area contributed by atoms with E-state index in [2.05, 4.69) is 208 Å². The van der Waals surface area contributed by atoms with Gasteiger partial charge < -0.3 is 9.32 Å². The van der Waals surface area contributed by atoms with Crippen molar-refractivity contribution in [3.05, 3.63) is 210 Å². The SMILES string of the molecule is CC1(C)c2ccccc2-c2ccc(N(c3ccccc3)c3ccc(-c4ccc5c(c4)oc4c(C6(C)c7ccccc7-c7ccccc76)cccc45)cc3)cc21. The van der Waals surface area contributed by atoms with E-state index in [-0.39, 0.29) is 10.8 Å². The zero-order valence-corrected chi connectivity index (χ0v) is 31.2. The maximum Gasteiger partial charge on any atom is 0.139 e. The first kappa shape index (κ1) is 31.8. The van der Waals surface area contributed by atoms with Crippen LogP contribution in [0.1, 0.15) is 48.6 Å². The van der Waals surface area contributed by atoms with E-state index in [0.717, 1.165) is 50.1 Å². The lowest BCUT2D eigenvalue weighted by atomic mass is 9.74. The Morgan fingerprint density at radius 2 is 0.927 bits per heavy atom. The predicted molar refractivity (Wildman–Crippen MR) is 229 cm³/mol. The van der Waals surface area contributed by atoms with Crippen LogP contribution in [0.5, 0.6) is 0 Å². The van der Waals surface area contributed by atoms with Crippen LogP contribution in [0, 0.1) is 0 Å². The summed E-state index contributed by atoms with van der Waals surface area (Å²) in [7, 11) is 0. The van der Waals surface area contributed by atoms with Crippen molar-refractivity contribution in [1.82, 2.24) is 0 Å². The van der Waals surface area contributed by atoms with Gasteiger partial charge in [-0.2, -0.15) is 0 Å². The lowest BCUT2D eigenvalue weighted by Crippen LogP contribution is -2.22. The lowest BCUT2D eigenvalue weighted by Gasteiger charge is -2.28. The van der Waals surface area contributed by atoms with Crippen LogP contribution in [0.4, 0.5) is 17.1 Å². The average molecular weight is 706 g/mol. The van der Waals surface area contributed by atoms with Gasteiger partial charge in [-0.15, -0.1) is 0 Å². The minimum absolute atomic E-state index is 0.0754. The molecule has 11 rings (SSSR count). The van der Waals surface area contributed by atoms with E-state index in [4.69, 9.17) is 4.42 Å². The van der Waals surface area contributed by atoms with Crippen LogP contribution in [0.15, 0.2) is 186 Å². The largest absolute Gasteiger partial charge is 0.456 e. The van der Waals surface area contributed by atoms with E-state index in [1.807, 2.05) is 0 Å². The van der Waals surface area contributed by atoms with Crippen molar-refractivity contribution in [2.75, 3.05) is 4.90 Å². The minimum atomic E-state index is -0.331. The molecular weight excluding hydrogens is 667 g/mol. The van der Waals surface area contributed by atoms with Crippen molar-refractivity contribution in [3.8, 4) is 33.4 Å². The smallest absolute Gasteiger partial charge is 0.139 e. The molecule has 2 aliphatic carbocycles. The second-order valence-corrected chi connectivity index (χ2v) is 15.8. The molecule has 0 amide bonds. The van der Waals surface area contributed by atoms with Gasteiger partial charge in [0.25, 0.3) is 0 Å². The van der Waals surface area contributed by atoms with E-state index in [0.29, 0.717) is 0 Å². The van der Waals surface area contributed by atoms with Gasteiger partial charge in [-0.25, -0.2) is 0 Å². The Kier molecular flexibility index (Phi) is 6.76. The van der Waals surface area contributed by atoms with Gasteiger partial charge in [-0.1, -0.05) is 147 Å². The maximum atomic E-state index is 6.90. The van der Waals surface area contributed by atoms with Gasteiger partial charge in [0.15, 0.2) is 0 Å². The average Bonchev–Trinajstić information content (AvgIpc) is 3.82. The molecule has 1 aromatic heterocycles. The molecule has 0 bridgehead atoms. The number of anilines is 3. The Labute approximate surface area is 322 Å². The topological polar surface area (TPSA) is 16.4 Å². The third-order valence-electron chi connectivity index (χ3n) is 12.6. The number of benzene rings is 8. The normalized spacial score (nSPS) is 14.4. The number of furan rings is 1. The van der Waals surface area contributed by atoms with Gasteiger partial charge in [0.2, 0.25) is 0 Å². The molecule has 0 saturated heterocycles. The summed E-state index contributed by atoms with van der Waals surface area (Å²) in [6.07, 6.45) is 0. The van der Waals surface area contributed by atoms with Crippen LogP contribution in [-0.4, -0.2) is 0 Å². The number of hydrogen-bond donors (Lipinski definition) is 0. The Bertz CT molecular complexity index is 2920. The summed E-state index contributed by atoms with van der Waals surface area (Å²) < 4.78 is 6.90. The summed E-state index contributed by atoms with van der Waals surface area (Å²) in [6.45, 7) is 7.04. The standard InChI is InChI=1S/C53H39NO/c1-52(2)45-20-10-7-16-39(45)42-31-29-38(33-49(42)52)54(36-14-5-4-6-15-36)37-27-24-34(25-28-37)35-26-30-43-44-19-13-23-48(51(44)55-50(43)32-35)53(3)46-21-11-8-17-40(46)41-18-9-12-22-47(41)53/h4-33H,1-3H3. The first-order valence-electron chi connectivity index (χ1n) is 19.3. The Morgan fingerprint density at radius 1 is 0.382 bits per heavy atom. The van der Waals surface area contributed by atoms with Crippen molar-refractivity contribution in [2.24, 2.45) is 0 Å². The highest BCUT2D eigenvalue weighted by Gasteiger charge is 2.42. The number of nitrogens with zero attached hydrogens (tertiary/aromatic N) is 1. The highest BCUT2D eigenvalue weighted by atomic mass is 16.3. The first-order chi connectivity index (χ1) is 26.9. The first-order valence-corrected chi connectivity index (χ1v) is 19.3. The van der Waals surface area contributed by atoms with Crippen LogP contribution in [0.3, 0.4) is 0 Å². The number of hydrogen-bond acceptors (Lipinski definition) is 2. The maximum absolute atomic E-state index is 6.90. The molecule has 2 heteroatoms. The third kappa shape index (κ3) is 4.55. The van der Waals surface area contributed by atoms with Crippen LogP contribution < -0.4 is 4.90 Å². The third-order valence-corrected chi connectivity index (χ3v) is 12.6. The fourth-order valence-corrected chi connectivity index (χ4v) is 9.77. The van der Waals surface area contributed by atoms with Crippen molar-refractivity contribution >= 4 is 39.0 Å². The monoisotopic (exact) mass is 705 g/mol. The molecule has 0 radical (unpaired) electrons. The highest BCUT2D eigenvalue weighted by Crippen LogP contribution is 2.54. The molecule has 0 spiro atoms. The second kappa shape index (κ2) is 11.7. The van der Waals surface area contributed by atoms with Gasteiger partial charge in [0.1, 0.15) is 11.2 Å². The molecule has 262 valence electrons. The Hall–Kier alpha value is -6.64. The van der Waals surface area contributed by atoms with E-state index >= 15 is 0 Å². The molecule has 2 aliphatic rings. The second-order valence-electron chi connectivity index (χ2n) is 15.8. The molecule has 0 N–H and O–H groups in total. The van der Waals surface area contributed by atoms with Crippen LogP contribution in [0.25, 0.3) is 55.3 Å². The van der Waals surface area contributed by atoms with E-state index in [9.17, 15) is 0 Å². The van der Waals surface area contributed by atoms with Gasteiger partial charge in [-0.05, 0) is 111 Å². The molecule has 1 heterocycles. The molecule has 0 unspecified atom stereocenters. The van der Waals surface area contributed by atoms with E-state index in [1.54, 1.807) is 0 Å². The minimum Gasteiger partial charge on any atom is -0.456 e. The quantitative estimate of drug-likeness (QED) is 0.177. The highest BCUT2D eigenvalue weighted by molar-refractivity contribution is 6.08.